The second-order valence-corrected chi connectivity index (χ2v) is 11.8. The summed E-state index contributed by atoms with van der Waals surface area (Å²) in [5.41, 5.74) is 0.956. The van der Waals surface area contributed by atoms with E-state index >= 15 is 0 Å². The third-order valence-corrected chi connectivity index (χ3v) is 8.20. The molecule has 2 aromatic carbocycles. The number of ether oxygens (including phenoxy) is 2. The Bertz CT molecular complexity index is 1500. The van der Waals surface area contributed by atoms with E-state index in [1.165, 1.54) is 11.0 Å². The van der Waals surface area contributed by atoms with Crippen LogP contribution in [0.2, 0.25) is 10.0 Å². The molecule has 1 amide bonds. The maximum atomic E-state index is 13.5. The number of rotatable bonds is 10. The van der Waals surface area contributed by atoms with Crippen LogP contribution in [0.15, 0.2) is 48.0 Å². The van der Waals surface area contributed by atoms with E-state index in [0.717, 1.165) is 24.2 Å². The summed E-state index contributed by atoms with van der Waals surface area (Å²) in [7, 11) is 0. The quantitative estimate of drug-likeness (QED) is 0.0832. The minimum Gasteiger partial charge on any atom is -0.507 e. The number of hydrogen-bond donors (Lipinski definition) is 1. The van der Waals surface area contributed by atoms with Crippen molar-refractivity contribution in [2.24, 2.45) is 5.92 Å². The number of esters is 1. The molecular weight excluding hydrogens is 587 g/mol. The fraction of sp³-hybridized carbons (Fsp3) is 0.333. The van der Waals surface area contributed by atoms with E-state index < -0.39 is 23.7 Å². The van der Waals surface area contributed by atoms with E-state index in [-0.39, 0.29) is 43.9 Å². The molecule has 11 heteroatoms. The van der Waals surface area contributed by atoms with Crippen LogP contribution in [0.5, 0.6) is 5.75 Å². The van der Waals surface area contributed by atoms with Gasteiger partial charge in [-0.05, 0) is 61.2 Å². The first-order chi connectivity index (χ1) is 19.5. The zero-order valence-electron chi connectivity index (χ0n) is 23.1. The monoisotopic (exact) mass is 616 g/mol. The van der Waals surface area contributed by atoms with Crippen LogP contribution in [0.3, 0.4) is 0 Å². The fourth-order valence-corrected chi connectivity index (χ4v) is 5.50. The number of thiazole rings is 1. The predicted octanol–water partition coefficient (Wildman–Crippen LogP) is 7.38. The lowest BCUT2D eigenvalue weighted by Gasteiger charge is -2.23. The fourth-order valence-electron chi connectivity index (χ4n) is 4.21. The average molecular weight is 618 g/mol. The van der Waals surface area contributed by atoms with Gasteiger partial charge in [-0.25, -0.2) is 9.78 Å². The smallest absolute Gasteiger partial charge is 0.350 e. The number of halogens is 2. The molecule has 1 saturated heterocycles. The Morgan fingerprint density at radius 2 is 1.83 bits per heavy atom. The molecule has 1 unspecified atom stereocenters. The highest BCUT2D eigenvalue weighted by molar-refractivity contribution is 7.17. The molecule has 1 atom stereocenters. The molecule has 1 aliphatic heterocycles. The van der Waals surface area contributed by atoms with E-state index in [9.17, 15) is 19.5 Å². The van der Waals surface area contributed by atoms with Gasteiger partial charge in [-0.2, -0.15) is 0 Å². The lowest BCUT2D eigenvalue weighted by atomic mass is 9.95. The van der Waals surface area contributed by atoms with Crippen molar-refractivity contribution in [3.05, 3.63) is 79.8 Å². The highest BCUT2D eigenvalue weighted by atomic mass is 35.5. The standard InChI is InChI=1S/C30H30Cl2N2O6S/c1-5-6-13-39-20-10-7-18(8-11-20)25(35)23-24(19-9-12-21(31)22(32)14-19)34(28(37)26(23)36)30-33-17(4)27(41-30)29(38)40-15-16(2)3/h7-12,14,16,24,35H,5-6,13,15H2,1-4H3. The van der Waals surface area contributed by atoms with Gasteiger partial charge in [-0.1, -0.05) is 67.8 Å². The van der Waals surface area contributed by atoms with Crippen LogP contribution in [0.4, 0.5) is 5.13 Å². The van der Waals surface area contributed by atoms with E-state index in [2.05, 4.69) is 11.9 Å². The Morgan fingerprint density at radius 1 is 1.12 bits per heavy atom. The summed E-state index contributed by atoms with van der Waals surface area (Å²) >= 11 is 13.4. The maximum absolute atomic E-state index is 13.5. The SMILES string of the molecule is CCCCOc1ccc(C(O)=C2C(=O)C(=O)N(c3nc(C)c(C(=O)OCC(C)C)s3)C2c2ccc(Cl)c(Cl)c2)cc1. The van der Waals surface area contributed by atoms with Crippen molar-refractivity contribution in [2.45, 2.75) is 46.6 Å². The predicted molar refractivity (Wildman–Crippen MR) is 160 cm³/mol. The Hall–Kier alpha value is -3.40. The topological polar surface area (TPSA) is 106 Å². The molecule has 4 rings (SSSR count). The summed E-state index contributed by atoms with van der Waals surface area (Å²) < 4.78 is 11.1. The maximum Gasteiger partial charge on any atom is 0.350 e. The first-order valence-corrected chi connectivity index (χ1v) is 14.7. The number of nitrogens with zero attached hydrogens (tertiary/aromatic N) is 2. The van der Waals surface area contributed by atoms with Crippen LogP contribution < -0.4 is 9.64 Å². The number of aliphatic hydroxyl groups is 1. The molecule has 8 nitrogen and oxygen atoms in total. The van der Waals surface area contributed by atoms with E-state index in [0.29, 0.717) is 29.2 Å². The summed E-state index contributed by atoms with van der Waals surface area (Å²) in [6, 6.07) is 10.2. The molecule has 0 radical (unpaired) electrons. The van der Waals surface area contributed by atoms with Crippen molar-refractivity contribution >= 4 is 63.1 Å². The van der Waals surface area contributed by atoms with Crippen molar-refractivity contribution in [2.75, 3.05) is 18.1 Å². The van der Waals surface area contributed by atoms with Gasteiger partial charge >= 0.3 is 11.9 Å². The zero-order chi connectivity index (χ0) is 29.8. The molecule has 0 aliphatic carbocycles. The number of carbonyl (C=O) groups is 3. The molecule has 1 aromatic heterocycles. The number of amides is 1. The summed E-state index contributed by atoms with van der Waals surface area (Å²) in [5, 5.41) is 12.0. The lowest BCUT2D eigenvalue weighted by molar-refractivity contribution is -0.132. The van der Waals surface area contributed by atoms with Crippen LogP contribution in [0.1, 0.15) is 66.1 Å². The van der Waals surface area contributed by atoms with Gasteiger partial charge in [0.25, 0.3) is 5.78 Å². The van der Waals surface area contributed by atoms with Crippen LogP contribution in [-0.4, -0.2) is 41.0 Å². The Kier molecular flexibility index (Phi) is 9.73. The number of carbonyl (C=O) groups excluding carboxylic acids is 3. The van der Waals surface area contributed by atoms with Gasteiger partial charge in [-0.15, -0.1) is 0 Å². The van der Waals surface area contributed by atoms with Gasteiger partial charge in [0.2, 0.25) is 0 Å². The number of aromatic nitrogens is 1. The molecular formula is C30H30Cl2N2O6S. The number of Topliss-reactive ketones (excluding diaryl/α,β-unsaturated/α-hetero) is 1. The zero-order valence-corrected chi connectivity index (χ0v) is 25.4. The third-order valence-electron chi connectivity index (χ3n) is 6.32. The van der Waals surface area contributed by atoms with Crippen LogP contribution >= 0.6 is 34.5 Å². The molecule has 1 fully saturated rings. The number of benzene rings is 2. The van der Waals surface area contributed by atoms with Crippen molar-refractivity contribution in [3.8, 4) is 5.75 Å². The highest BCUT2D eigenvalue weighted by Crippen LogP contribution is 2.45. The van der Waals surface area contributed by atoms with Crippen LogP contribution in [0, 0.1) is 12.8 Å². The first kappa shape index (κ1) is 30.6. The Balaban J connectivity index is 1.80. The van der Waals surface area contributed by atoms with Crippen molar-refractivity contribution in [3.63, 3.8) is 0 Å². The molecule has 1 N–H and O–H groups in total. The number of unbranched alkanes of at least 4 members (excludes halogenated alkanes) is 1. The van der Waals surface area contributed by atoms with Gasteiger partial charge < -0.3 is 14.6 Å². The summed E-state index contributed by atoms with van der Waals surface area (Å²) in [5.74, 6) is -1.99. The molecule has 0 spiro atoms. The summed E-state index contributed by atoms with van der Waals surface area (Å²) in [6.07, 6.45) is 1.90. The normalized spacial score (nSPS) is 16.5. The van der Waals surface area contributed by atoms with Gasteiger partial charge in [0, 0.05) is 5.56 Å². The van der Waals surface area contributed by atoms with E-state index in [1.807, 2.05) is 13.8 Å². The molecule has 0 bridgehead atoms. The Morgan fingerprint density at radius 3 is 2.46 bits per heavy atom. The second kappa shape index (κ2) is 13.1. The lowest BCUT2D eigenvalue weighted by Crippen LogP contribution is -2.29. The molecule has 216 valence electrons. The molecule has 3 aromatic rings. The van der Waals surface area contributed by atoms with E-state index in [1.54, 1.807) is 43.3 Å². The second-order valence-electron chi connectivity index (χ2n) is 9.97. The first-order valence-electron chi connectivity index (χ1n) is 13.2. The highest BCUT2D eigenvalue weighted by Gasteiger charge is 2.48. The molecule has 0 saturated carbocycles. The number of aryl methyl sites for hydroxylation is 1. The molecule has 1 aliphatic rings. The van der Waals surface area contributed by atoms with Crippen molar-refractivity contribution < 1.29 is 29.0 Å². The minimum absolute atomic E-state index is 0.107. The number of anilines is 1. The summed E-state index contributed by atoms with van der Waals surface area (Å²) in [6.45, 7) is 8.31. The van der Waals surface area contributed by atoms with Crippen molar-refractivity contribution in [1.82, 2.24) is 4.98 Å². The Labute approximate surface area is 252 Å². The number of aliphatic hydroxyl groups excluding tert-OH is 1. The molecule has 41 heavy (non-hydrogen) atoms. The van der Waals surface area contributed by atoms with Gasteiger partial charge in [0.1, 0.15) is 16.4 Å². The largest absolute Gasteiger partial charge is 0.507 e. The van der Waals surface area contributed by atoms with Gasteiger partial charge in [-0.3, -0.25) is 14.5 Å². The number of ketones is 1. The van der Waals surface area contributed by atoms with Crippen LogP contribution in [0.25, 0.3) is 5.76 Å². The summed E-state index contributed by atoms with van der Waals surface area (Å²) in [4.78, 5) is 45.5. The van der Waals surface area contributed by atoms with Crippen molar-refractivity contribution in [1.29, 1.82) is 0 Å². The molecule has 2 heterocycles. The third kappa shape index (κ3) is 6.58. The minimum atomic E-state index is -1.09. The van der Waals surface area contributed by atoms with Gasteiger partial charge in [0.05, 0.1) is 40.6 Å². The van der Waals surface area contributed by atoms with E-state index in [4.69, 9.17) is 32.7 Å². The average Bonchev–Trinajstić information content (AvgIpc) is 3.45. The number of hydrogen-bond acceptors (Lipinski definition) is 8. The van der Waals surface area contributed by atoms with Crippen LogP contribution in [-0.2, 0) is 14.3 Å². The van der Waals surface area contributed by atoms with Gasteiger partial charge in [0.15, 0.2) is 5.13 Å².